The van der Waals surface area contributed by atoms with E-state index in [0.717, 1.165) is 30.3 Å². The molecule has 12 heavy (non-hydrogen) atoms. The SMILES string of the molecule is CCCCC1=COCC(C=O)=C1. The average Bonchev–Trinajstić information content (AvgIpc) is 2.15. The smallest absolute Gasteiger partial charge is 0.149 e. The fourth-order valence-corrected chi connectivity index (χ4v) is 1.14. The maximum Gasteiger partial charge on any atom is 0.149 e. The molecule has 2 heteroatoms. The van der Waals surface area contributed by atoms with Crippen molar-refractivity contribution < 1.29 is 9.53 Å². The lowest BCUT2D eigenvalue weighted by atomic mass is 10.1. The first-order valence-corrected chi connectivity index (χ1v) is 4.33. The molecular weight excluding hydrogens is 152 g/mol. The van der Waals surface area contributed by atoms with E-state index in [0.29, 0.717) is 6.61 Å². The van der Waals surface area contributed by atoms with Gasteiger partial charge in [-0.15, -0.1) is 0 Å². The molecule has 0 radical (unpaired) electrons. The van der Waals surface area contributed by atoms with E-state index in [4.69, 9.17) is 4.74 Å². The fourth-order valence-electron chi connectivity index (χ4n) is 1.14. The minimum Gasteiger partial charge on any atom is -0.496 e. The van der Waals surface area contributed by atoms with Crippen molar-refractivity contribution in [1.82, 2.24) is 0 Å². The van der Waals surface area contributed by atoms with Crippen molar-refractivity contribution in [2.45, 2.75) is 26.2 Å². The highest BCUT2D eigenvalue weighted by Gasteiger charge is 2.04. The second-order valence-corrected chi connectivity index (χ2v) is 2.94. The molecule has 1 heterocycles. The van der Waals surface area contributed by atoms with Gasteiger partial charge in [0.1, 0.15) is 12.9 Å². The molecule has 0 spiro atoms. The number of unbranched alkanes of at least 4 members (excludes halogenated alkanes) is 1. The summed E-state index contributed by atoms with van der Waals surface area (Å²) in [6.07, 6.45) is 7.86. The third-order valence-electron chi connectivity index (χ3n) is 1.83. The van der Waals surface area contributed by atoms with E-state index in [2.05, 4.69) is 6.92 Å². The Morgan fingerprint density at radius 3 is 3.17 bits per heavy atom. The minimum absolute atomic E-state index is 0.430. The molecule has 0 bridgehead atoms. The van der Waals surface area contributed by atoms with Gasteiger partial charge >= 0.3 is 0 Å². The highest BCUT2D eigenvalue weighted by Crippen LogP contribution is 2.15. The molecule has 0 aromatic carbocycles. The van der Waals surface area contributed by atoms with E-state index >= 15 is 0 Å². The van der Waals surface area contributed by atoms with Crippen LogP contribution >= 0.6 is 0 Å². The van der Waals surface area contributed by atoms with Crippen molar-refractivity contribution in [3.05, 3.63) is 23.5 Å². The molecule has 0 fully saturated rings. The summed E-state index contributed by atoms with van der Waals surface area (Å²) in [7, 11) is 0. The summed E-state index contributed by atoms with van der Waals surface area (Å²) >= 11 is 0. The Labute approximate surface area is 72.9 Å². The lowest BCUT2D eigenvalue weighted by Crippen LogP contribution is -2.01. The van der Waals surface area contributed by atoms with Crippen molar-refractivity contribution in [3.63, 3.8) is 0 Å². The molecule has 1 aliphatic rings. The van der Waals surface area contributed by atoms with Crippen LogP contribution in [-0.4, -0.2) is 12.9 Å². The molecule has 0 saturated carbocycles. The van der Waals surface area contributed by atoms with Crippen LogP contribution in [0.4, 0.5) is 0 Å². The number of aldehydes is 1. The van der Waals surface area contributed by atoms with E-state index in [1.54, 1.807) is 6.26 Å². The lowest BCUT2D eigenvalue weighted by molar-refractivity contribution is -0.105. The first-order valence-electron chi connectivity index (χ1n) is 4.33. The zero-order chi connectivity index (χ0) is 8.81. The highest BCUT2D eigenvalue weighted by molar-refractivity contribution is 5.74. The summed E-state index contributed by atoms with van der Waals surface area (Å²) in [5.41, 5.74) is 1.87. The van der Waals surface area contributed by atoms with Gasteiger partial charge in [-0.3, -0.25) is 4.79 Å². The van der Waals surface area contributed by atoms with Crippen molar-refractivity contribution in [3.8, 4) is 0 Å². The number of hydrogen-bond acceptors (Lipinski definition) is 2. The van der Waals surface area contributed by atoms with Crippen LogP contribution in [0.15, 0.2) is 23.5 Å². The third-order valence-corrected chi connectivity index (χ3v) is 1.83. The van der Waals surface area contributed by atoms with Gasteiger partial charge in [0.15, 0.2) is 0 Å². The number of allylic oxidation sites excluding steroid dienone is 2. The Bertz CT molecular complexity index is 214. The number of carbonyl (C=O) groups is 1. The number of ether oxygens (including phenoxy) is 1. The Kier molecular flexibility index (Phi) is 3.58. The second-order valence-electron chi connectivity index (χ2n) is 2.94. The molecule has 0 aromatic heterocycles. The van der Waals surface area contributed by atoms with Crippen LogP contribution in [-0.2, 0) is 9.53 Å². The first kappa shape index (κ1) is 9.04. The summed E-state index contributed by atoms with van der Waals surface area (Å²) in [6.45, 7) is 2.58. The molecule has 0 saturated heterocycles. The molecule has 0 unspecified atom stereocenters. The zero-order valence-electron chi connectivity index (χ0n) is 7.38. The largest absolute Gasteiger partial charge is 0.496 e. The number of rotatable bonds is 4. The van der Waals surface area contributed by atoms with Gasteiger partial charge < -0.3 is 4.74 Å². The molecule has 66 valence electrons. The average molecular weight is 166 g/mol. The quantitative estimate of drug-likeness (QED) is 0.598. The van der Waals surface area contributed by atoms with Gasteiger partial charge in [-0.05, 0) is 24.5 Å². The maximum absolute atomic E-state index is 10.4. The van der Waals surface area contributed by atoms with E-state index in [1.807, 2.05) is 6.08 Å². The van der Waals surface area contributed by atoms with Crippen LogP contribution in [0.2, 0.25) is 0 Å². The zero-order valence-corrected chi connectivity index (χ0v) is 7.38. The topological polar surface area (TPSA) is 26.3 Å². The van der Waals surface area contributed by atoms with Gasteiger partial charge in [-0.2, -0.15) is 0 Å². The Morgan fingerprint density at radius 1 is 1.67 bits per heavy atom. The normalized spacial score (nSPS) is 16.1. The van der Waals surface area contributed by atoms with Crippen molar-refractivity contribution in [2.75, 3.05) is 6.61 Å². The minimum atomic E-state index is 0.430. The van der Waals surface area contributed by atoms with E-state index < -0.39 is 0 Å². The molecule has 0 N–H and O–H groups in total. The summed E-state index contributed by atoms with van der Waals surface area (Å²) in [6, 6.07) is 0. The second kappa shape index (κ2) is 4.75. The van der Waals surface area contributed by atoms with Crippen LogP contribution < -0.4 is 0 Å². The predicted octanol–water partition coefficient (Wildman–Crippen LogP) is 2.22. The molecule has 0 amide bonds. The summed E-state index contributed by atoms with van der Waals surface area (Å²) in [4.78, 5) is 10.4. The fraction of sp³-hybridized carbons (Fsp3) is 0.500. The highest BCUT2D eigenvalue weighted by atomic mass is 16.5. The lowest BCUT2D eigenvalue weighted by Gasteiger charge is -2.10. The van der Waals surface area contributed by atoms with Crippen LogP contribution in [0.3, 0.4) is 0 Å². The Balaban J connectivity index is 2.48. The summed E-state index contributed by atoms with van der Waals surface area (Å²) < 4.78 is 5.12. The molecule has 0 atom stereocenters. The van der Waals surface area contributed by atoms with Crippen molar-refractivity contribution >= 4 is 6.29 Å². The maximum atomic E-state index is 10.4. The molecule has 2 nitrogen and oxygen atoms in total. The van der Waals surface area contributed by atoms with Gasteiger partial charge in [0, 0.05) is 5.57 Å². The van der Waals surface area contributed by atoms with Gasteiger partial charge in [-0.1, -0.05) is 13.3 Å². The van der Waals surface area contributed by atoms with Crippen molar-refractivity contribution in [2.24, 2.45) is 0 Å². The molecule has 1 rings (SSSR count). The molecule has 0 aliphatic carbocycles. The van der Waals surface area contributed by atoms with Crippen molar-refractivity contribution in [1.29, 1.82) is 0 Å². The summed E-state index contributed by atoms with van der Waals surface area (Å²) in [5.74, 6) is 0. The number of hydrogen-bond donors (Lipinski definition) is 0. The predicted molar refractivity (Wildman–Crippen MR) is 47.7 cm³/mol. The first-order chi connectivity index (χ1) is 5.86. The van der Waals surface area contributed by atoms with Crippen LogP contribution in [0.25, 0.3) is 0 Å². The third kappa shape index (κ3) is 2.53. The van der Waals surface area contributed by atoms with Gasteiger partial charge in [0.25, 0.3) is 0 Å². The van der Waals surface area contributed by atoms with Gasteiger partial charge in [0.2, 0.25) is 0 Å². The molecular formula is C10H14O2. The van der Waals surface area contributed by atoms with Gasteiger partial charge in [-0.25, -0.2) is 0 Å². The van der Waals surface area contributed by atoms with E-state index in [-0.39, 0.29) is 0 Å². The Hall–Kier alpha value is -1.05. The monoisotopic (exact) mass is 166 g/mol. The van der Waals surface area contributed by atoms with Crippen LogP contribution in [0.1, 0.15) is 26.2 Å². The Morgan fingerprint density at radius 2 is 2.50 bits per heavy atom. The van der Waals surface area contributed by atoms with Crippen LogP contribution in [0, 0.1) is 0 Å². The molecule has 0 aromatic rings. The standard InChI is InChI=1S/C10H14O2/c1-2-3-4-9-5-10(6-11)8-12-7-9/h5-7H,2-4,8H2,1H3. The van der Waals surface area contributed by atoms with E-state index in [1.165, 1.54) is 6.42 Å². The number of carbonyl (C=O) groups excluding carboxylic acids is 1. The summed E-state index contributed by atoms with van der Waals surface area (Å²) in [5, 5.41) is 0. The van der Waals surface area contributed by atoms with Gasteiger partial charge in [0.05, 0.1) is 6.26 Å². The van der Waals surface area contributed by atoms with Crippen LogP contribution in [0.5, 0.6) is 0 Å². The van der Waals surface area contributed by atoms with E-state index in [9.17, 15) is 4.79 Å². The molecule has 1 aliphatic heterocycles.